The van der Waals surface area contributed by atoms with Crippen LogP contribution in [0.4, 0.5) is 5.69 Å². The van der Waals surface area contributed by atoms with Crippen molar-refractivity contribution in [1.29, 1.82) is 0 Å². The third-order valence-corrected chi connectivity index (χ3v) is 3.86. The highest BCUT2D eigenvalue weighted by Gasteiger charge is 2.10. The predicted octanol–water partition coefficient (Wildman–Crippen LogP) is 4.09. The summed E-state index contributed by atoms with van der Waals surface area (Å²) in [6.45, 7) is 1.31. The molecule has 0 aliphatic carbocycles. The summed E-state index contributed by atoms with van der Waals surface area (Å²) in [5.74, 6) is -0.308. The normalized spacial score (nSPS) is 10.1. The van der Waals surface area contributed by atoms with Gasteiger partial charge in [0.25, 0.3) is 5.91 Å². The topological polar surface area (TPSA) is 75.6 Å². The Bertz CT molecular complexity index is 706. The van der Waals surface area contributed by atoms with E-state index in [2.05, 4.69) is 37.2 Å². The molecular weight excluding hydrogens is 418 g/mol. The van der Waals surface area contributed by atoms with E-state index in [1.165, 1.54) is 6.92 Å². The van der Waals surface area contributed by atoms with Crippen LogP contribution in [0, 0.1) is 0 Å². The number of halogens is 2. The summed E-state index contributed by atoms with van der Waals surface area (Å²) in [5.41, 5.74) is 0.932. The van der Waals surface area contributed by atoms with E-state index >= 15 is 0 Å². The van der Waals surface area contributed by atoms with Crippen LogP contribution >= 0.6 is 31.9 Å². The van der Waals surface area contributed by atoms with Crippen LogP contribution in [0.5, 0.6) is 11.5 Å². The highest BCUT2D eigenvalue weighted by atomic mass is 79.9. The molecule has 2 aromatic carbocycles. The first-order chi connectivity index (χ1) is 10.4. The Kier molecular flexibility index (Phi) is 5.20. The van der Waals surface area contributed by atoms with Crippen LogP contribution in [-0.2, 0) is 4.79 Å². The fourth-order valence-corrected chi connectivity index (χ4v) is 2.87. The van der Waals surface area contributed by atoms with Gasteiger partial charge in [0.15, 0.2) is 0 Å². The number of amides is 1. The van der Waals surface area contributed by atoms with E-state index in [0.717, 1.165) is 0 Å². The van der Waals surface area contributed by atoms with Crippen molar-refractivity contribution in [2.24, 2.45) is 0 Å². The lowest BCUT2D eigenvalue weighted by atomic mass is 10.2. The van der Waals surface area contributed by atoms with Crippen molar-refractivity contribution >= 4 is 49.4 Å². The Morgan fingerprint density at radius 1 is 1.09 bits per heavy atom. The predicted molar refractivity (Wildman–Crippen MR) is 89.2 cm³/mol. The second-order valence-corrected chi connectivity index (χ2v) is 6.07. The molecule has 2 aromatic rings. The van der Waals surface area contributed by atoms with Crippen LogP contribution in [0.1, 0.15) is 17.3 Å². The van der Waals surface area contributed by atoms with Gasteiger partial charge in [-0.15, -0.1) is 0 Å². The lowest BCUT2D eigenvalue weighted by molar-refractivity contribution is -0.131. The maximum Gasteiger partial charge on any atom is 0.308 e. The number of hydrogen-bond acceptors (Lipinski definition) is 4. The third kappa shape index (κ3) is 4.08. The van der Waals surface area contributed by atoms with Crippen molar-refractivity contribution in [1.82, 2.24) is 0 Å². The summed E-state index contributed by atoms with van der Waals surface area (Å²) in [6.07, 6.45) is 0. The molecular formula is C15H11Br2NO4. The second kappa shape index (κ2) is 6.93. The van der Waals surface area contributed by atoms with Gasteiger partial charge in [-0.3, -0.25) is 9.59 Å². The SMILES string of the molecule is CC(=O)Oc1ccc(C(=O)Nc2cc(Br)c(O)c(Br)c2)cc1. The highest BCUT2D eigenvalue weighted by molar-refractivity contribution is 9.11. The molecule has 0 spiro atoms. The molecule has 0 bridgehead atoms. The van der Waals surface area contributed by atoms with Crippen LogP contribution in [0.15, 0.2) is 45.3 Å². The van der Waals surface area contributed by atoms with E-state index in [9.17, 15) is 14.7 Å². The van der Waals surface area contributed by atoms with Crippen molar-refractivity contribution in [3.63, 3.8) is 0 Å². The van der Waals surface area contributed by atoms with Gasteiger partial charge in [-0.25, -0.2) is 0 Å². The molecule has 7 heteroatoms. The lowest BCUT2D eigenvalue weighted by Crippen LogP contribution is -2.12. The number of phenols is 1. The summed E-state index contributed by atoms with van der Waals surface area (Å²) >= 11 is 6.39. The molecule has 0 saturated carbocycles. The number of carbonyl (C=O) groups excluding carboxylic acids is 2. The van der Waals surface area contributed by atoms with Crippen LogP contribution in [0.2, 0.25) is 0 Å². The van der Waals surface area contributed by atoms with Gasteiger partial charge in [0.2, 0.25) is 0 Å². The minimum atomic E-state index is -0.420. The molecule has 0 radical (unpaired) electrons. The Hall–Kier alpha value is -1.86. The van der Waals surface area contributed by atoms with E-state index in [0.29, 0.717) is 25.9 Å². The van der Waals surface area contributed by atoms with E-state index < -0.39 is 5.97 Å². The molecule has 0 atom stereocenters. The molecule has 0 unspecified atom stereocenters. The average Bonchev–Trinajstić information content (AvgIpc) is 2.44. The molecule has 0 aliphatic heterocycles. The zero-order chi connectivity index (χ0) is 16.3. The number of nitrogens with one attached hydrogen (secondary N) is 1. The summed E-state index contributed by atoms with van der Waals surface area (Å²) in [7, 11) is 0. The molecule has 0 aromatic heterocycles. The fraction of sp³-hybridized carbons (Fsp3) is 0.0667. The number of carbonyl (C=O) groups is 2. The lowest BCUT2D eigenvalue weighted by Gasteiger charge is -2.08. The van der Waals surface area contributed by atoms with E-state index in [1.807, 2.05) is 0 Å². The first-order valence-corrected chi connectivity index (χ1v) is 7.73. The quantitative estimate of drug-likeness (QED) is 0.438. The average molecular weight is 429 g/mol. The minimum absolute atomic E-state index is 0.0590. The number of benzene rings is 2. The van der Waals surface area contributed by atoms with Gasteiger partial charge in [0.1, 0.15) is 11.5 Å². The molecule has 1 amide bonds. The number of ether oxygens (including phenoxy) is 1. The Balaban J connectivity index is 2.14. The number of anilines is 1. The molecule has 0 aliphatic rings. The van der Waals surface area contributed by atoms with Gasteiger partial charge in [-0.2, -0.15) is 0 Å². The number of rotatable bonds is 3. The smallest absolute Gasteiger partial charge is 0.308 e. The van der Waals surface area contributed by atoms with Crippen molar-refractivity contribution in [2.75, 3.05) is 5.32 Å². The van der Waals surface area contributed by atoms with Crippen LogP contribution in [-0.4, -0.2) is 17.0 Å². The zero-order valence-electron chi connectivity index (χ0n) is 11.4. The van der Waals surface area contributed by atoms with Gasteiger partial charge in [0.05, 0.1) is 8.95 Å². The number of esters is 1. The van der Waals surface area contributed by atoms with Crippen molar-refractivity contribution in [3.05, 3.63) is 50.9 Å². The minimum Gasteiger partial charge on any atom is -0.506 e. The van der Waals surface area contributed by atoms with Crippen molar-refractivity contribution in [3.8, 4) is 11.5 Å². The standard InChI is InChI=1S/C15H11Br2NO4/c1-8(19)22-11-4-2-9(3-5-11)15(21)18-10-6-12(16)14(20)13(17)7-10/h2-7,20H,1H3,(H,18,21). The summed E-state index contributed by atoms with van der Waals surface area (Å²) in [5, 5.41) is 12.3. The van der Waals surface area contributed by atoms with Crippen LogP contribution in [0.3, 0.4) is 0 Å². The molecule has 5 nitrogen and oxygen atoms in total. The molecule has 114 valence electrons. The van der Waals surface area contributed by atoms with Crippen molar-refractivity contribution in [2.45, 2.75) is 6.92 Å². The van der Waals surface area contributed by atoms with E-state index in [4.69, 9.17) is 4.74 Å². The highest BCUT2D eigenvalue weighted by Crippen LogP contribution is 2.35. The summed E-state index contributed by atoms with van der Waals surface area (Å²) in [4.78, 5) is 23.0. The van der Waals surface area contributed by atoms with Gasteiger partial charge < -0.3 is 15.2 Å². The Morgan fingerprint density at radius 3 is 2.14 bits per heavy atom. The Labute approximate surface area is 143 Å². The van der Waals surface area contributed by atoms with Crippen LogP contribution < -0.4 is 10.1 Å². The van der Waals surface area contributed by atoms with Gasteiger partial charge in [-0.1, -0.05) is 0 Å². The molecule has 0 fully saturated rings. The maximum absolute atomic E-state index is 12.1. The van der Waals surface area contributed by atoms with E-state index in [1.54, 1.807) is 36.4 Å². The monoisotopic (exact) mass is 427 g/mol. The molecule has 0 heterocycles. The van der Waals surface area contributed by atoms with Crippen LogP contribution in [0.25, 0.3) is 0 Å². The molecule has 2 rings (SSSR count). The first-order valence-electron chi connectivity index (χ1n) is 6.14. The Morgan fingerprint density at radius 2 is 1.64 bits per heavy atom. The number of phenolic OH excluding ortho intramolecular Hbond substituents is 1. The summed E-state index contributed by atoms with van der Waals surface area (Å²) < 4.78 is 5.82. The number of hydrogen-bond donors (Lipinski definition) is 2. The zero-order valence-corrected chi connectivity index (χ0v) is 14.6. The third-order valence-electron chi connectivity index (χ3n) is 2.65. The first kappa shape index (κ1) is 16.5. The molecule has 22 heavy (non-hydrogen) atoms. The molecule has 2 N–H and O–H groups in total. The van der Waals surface area contributed by atoms with Gasteiger partial charge in [-0.05, 0) is 68.3 Å². The van der Waals surface area contributed by atoms with Gasteiger partial charge >= 0.3 is 5.97 Å². The van der Waals surface area contributed by atoms with Gasteiger partial charge in [0, 0.05) is 18.2 Å². The molecule has 0 saturated heterocycles. The van der Waals surface area contributed by atoms with Crippen molar-refractivity contribution < 1.29 is 19.4 Å². The maximum atomic E-state index is 12.1. The second-order valence-electron chi connectivity index (χ2n) is 4.36. The largest absolute Gasteiger partial charge is 0.506 e. The number of aromatic hydroxyl groups is 1. The summed E-state index contributed by atoms with van der Waals surface area (Å²) in [6, 6.07) is 9.37. The fourth-order valence-electron chi connectivity index (χ4n) is 1.68. The van der Waals surface area contributed by atoms with E-state index in [-0.39, 0.29) is 11.7 Å².